The number of anilines is 1. The molecule has 3 N–H and O–H groups in total. The summed E-state index contributed by atoms with van der Waals surface area (Å²) < 4.78 is 60.4. The lowest BCUT2D eigenvalue weighted by atomic mass is 9.98. The Hall–Kier alpha value is -1.81. The van der Waals surface area contributed by atoms with Gasteiger partial charge in [-0.15, -0.1) is 0 Å². The van der Waals surface area contributed by atoms with Gasteiger partial charge in [-0.2, -0.15) is 13.2 Å². The highest BCUT2D eigenvalue weighted by Crippen LogP contribution is 2.33. The minimum absolute atomic E-state index is 0.0103. The number of nitrogens with two attached hydrogens (primary N) is 1. The third-order valence-electron chi connectivity index (χ3n) is 3.61. The van der Waals surface area contributed by atoms with Gasteiger partial charge in [0, 0.05) is 18.8 Å². The summed E-state index contributed by atoms with van der Waals surface area (Å²) in [6.07, 6.45) is -4.03. The number of piperidine rings is 1. The average Bonchev–Trinajstić information content (AvgIpc) is 2.46. The number of hydrogen-bond donors (Lipinski definition) is 2. The van der Waals surface area contributed by atoms with Crippen molar-refractivity contribution >= 4 is 21.7 Å². The molecule has 2 amide bonds. The first-order valence-corrected chi connectivity index (χ1v) is 8.37. The number of benzene rings is 1. The SMILES string of the molecule is NS(=O)(=O)c1ccc(NC(=O)N2CCC[C@H](C(F)(F)F)C2)cc1. The maximum atomic E-state index is 12.7. The molecule has 1 aromatic carbocycles. The highest BCUT2D eigenvalue weighted by molar-refractivity contribution is 7.89. The van der Waals surface area contributed by atoms with Crippen LogP contribution in [-0.2, 0) is 10.0 Å². The van der Waals surface area contributed by atoms with Crippen LogP contribution >= 0.6 is 0 Å². The highest BCUT2D eigenvalue weighted by atomic mass is 32.2. The summed E-state index contributed by atoms with van der Waals surface area (Å²) in [5.74, 6) is -1.52. The number of nitrogens with one attached hydrogen (secondary N) is 1. The van der Waals surface area contributed by atoms with Crippen molar-refractivity contribution < 1.29 is 26.4 Å². The smallest absolute Gasteiger partial charge is 0.324 e. The molecular formula is C13H16F3N3O3S. The highest BCUT2D eigenvalue weighted by Gasteiger charge is 2.42. The van der Waals surface area contributed by atoms with E-state index in [2.05, 4.69) is 5.32 Å². The lowest BCUT2D eigenvalue weighted by Gasteiger charge is -2.33. The topological polar surface area (TPSA) is 92.5 Å². The Labute approximate surface area is 131 Å². The van der Waals surface area contributed by atoms with Gasteiger partial charge in [-0.25, -0.2) is 18.4 Å². The summed E-state index contributed by atoms with van der Waals surface area (Å²) >= 11 is 0. The lowest BCUT2D eigenvalue weighted by Crippen LogP contribution is -2.46. The van der Waals surface area contributed by atoms with Crippen molar-refractivity contribution in [1.29, 1.82) is 0 Å². The fourth-order valence-electron chi connectivity index (χ4n) is 2.36. The van der Waals surface area contributed by atoms with Crippen LogP contribution in [0, 0.1) is 5.92 Å². The van der Waals surface area contributed by atoms with E-state index >= 15 is 0 Å². The molecular weight excluding hydrogens is 335 g/mol. The third-order valence-corrected chi connectivity index (χ3v) is 4.53. The summed E-state index contributed by atoms with van der Waals surface area (Å²) in [5.41, 5.74) is 0.275. The van der Waals surface area contributed by atoms with Crippen LogP contribution in [-0.4, -0.2) is 38.6 Å². The van der Waals surface area contributed by atoms with Crippen LogP contribution in [0.4, 0.5) is 23.7 Å². The van der Waals surface area contributed by atoms with Gasteiger partial charge in [0.2, 0.25) is 10.0 Å². The van der Waals surface area contributed by atoms with Crippen molar-refractivity contribution in [3.05, 3.63) is 24.3 Å². The van der Waals surface area contributed by atoms with Gasteiger partial charge in [-0.1, -0.05) is 0 Å². The van der Waals surface area contributed by atoms with Crippen molar-refractivity contribution in [2.24, 2.45) is 11.1 Å². The minimum Gasteiger partial charge on any atom is -0.324 e. The normalized spacial score (nSPS) is 19.5. The number of carbonyl (C=O) groups is 1. The molecule has 6 nitrogen and oxygen atoms in total. The standard InChI is InChI=1S/C13H16F3N3O3S/c14-13(15,16)9-2-1-7-19(8-9)12(20)18-10-3-5-11(6-4-10)23(17,21)22/h3-6,9H,1-2,7-8H2,(H,18,20)(H2,17,21,22)/t9-/m0/s1. The Morgan fingerprint density at radius 1 is 1.26 bits per heavy atom. The van der Waals surface area contributed by atoms with Crippen LogP contribution in [0.25, 0.3) is 0 Å². The van der Waals surface area contributed by atoms with Crippen molar-refractivity contribution in [2.45, 2.75) is 23.9 Å². The molecule has 0 aromatic heterocycles. The van der Waals surface area contributed by atoms with Gasteiger partial charge in [-0.3, -0.25) is 0 Å². The Balaban J connectivity index is 2.01. The number of likely N-dealkylation sites (tertiary alicyclic amines) is 1. The molecule has 1 aliphatic heterocycles. The largest absolute Gasteiger partial charge is 0.393 e. The molecule has 2 rings (SSSR count). The fourth-order valence-corrected chi connectivity index (χ4v) is 2.87. The van der Waals surface area contributed by atoms with E-state index in [1.807, 2.05) is 0 Å². The van der Waals surface area contributed by atoms with Crippen LogP contribution in [0.15, 0.2) is 29.2 Å². The molecule has 0 unspecified atom stereocenters. The Morgan fingerprint density at radius 3 is 2.39 bits per heavy atom. The Bertz CT molecular complexity index is 674. The van der Waals surface area contributed by atoms with Crippen LogP contribution in [0.3, 0.4) is 0 Å². The molecule has 1 aliphatic rings. The monoisotopic (exact) mass is 351 g/mol. The number of urea groups is 1. The predicted molar refractivity (Wildman–Crippen MR) is 77.2 cm³/mol. The van der Waals surface area contributed by atoms with Gasteiger partial charge in [0.25, 0.3) is 0 Å². The summed E-state index contributed by atoms with van der Waals surface area (Å²) in [6.45, 7) is -0.141. The summed E-state index contributed by atoms with van der Waals surface area (Å²) in [6, 6.07) is 4.41. The third kappa shape index (κ3) is 4.58. The summed E-state index contributed by atoms with van der Waals surface area (Å²) in [4.78, 5) is 13.0. The minimum atomic E-state index is -4.32. The van der Waals surface area contributed by atoms with Crippen molar-refractivity contribution in [3.8, 4) is 0 Å². The van der Waals surface area contributed by atoms with Gasteiger partial charge in [0.05, 0.1) is 10.8 Å². The number of nitrogens with zero attached hydrogens (tertiary/aromatic N) is 1. The van der Waals surface area contributed by atoms with Crippen LogP contribution in [0.1, 0.15) is 12.8 Å². The second-order valence-corrected chi connectivity index (χ2v) is 6.89. The molecule has 0 aliphatic carbocycles. The van der Waals surface area contributed by atoms with Crippen molar-refractivity contribution in [2.75, 3.05) is 18.4 Å². The Morgan fingerprint density at radius 2 is 1.87 bits per heavy atom. The fraction of sp³-hybridized carbons (Fsp3) is 0.462. The summed E-state index contributed by atoms with van der Waals surface area (Å²) in [7, 11) is -3.84. The van der Waals surface area contributed by atoms with E-state index in [0.717, 1.165) is 4.90 Å². The van der Waals surface area contributed by atoms with Crippen LogP contribution in [0.2, 0.25) is 0 Å². The van der Waals surface area contributed by atoms with Crippen molar-refractivity contribution in [1.82, 2.24) is 4.90 Å². The second kappa shape index (κ2) is 6.36. The molecule has 0 radical (unpaired) electrons. The van der Waals surface area contributed by atoms with E-state index in [0.29, 0.717) is 0 Å². The predicted octanol–water partition coefficient (Wildman–Crippen LogP) is 2.14. The average molecular weight is 351 g/mol. The molecule has 1 heterocycles. The quantitative estimate of drug-likeness (QED) is 0.855. The zero-order valence-corrected chi connectivity index (χ0v) is 12.8. The molecule has 0 bridgehead atoms. The van der Waals surface area contributed by atoms with E-state index < -0.39 is 28.1 Å². The van der Waals surface area contributed by atoms with E-state index in [-0.39, 0.29) is 36.5 Å². The van der Waals surface area contributed by atoms with E-state index in [1.54, 1.807) is 0 Å². The first-order valence-electron chi connectivity index (χ1n) is 6.83. The molecule has 1 atom stereocenters. The zero-order valence-electron chi connectivity index (χ0n) is 12.0. The lowest BCUT2D eigenvalue weighted by molar-refractivity contribution is -0.183. The van der Waals surface area contributed by atoms with Crippen LogP contribution in [0.5, 0.6) is 0 Å². The second-order valence-electron chi connectivity index (χ2n) is 5.33. The van der Waals surface area contributed by atoms with Crippen LogP contribution < -0.4 is 10.5 Å². The van der Waals surface area contributed by atoms with E-state index in [9.17, 15) is 26.4 Å². The number of amides is 2. The first-order chi connectivity index (χ1) is 10.6. The number of sulfonamides is 1. The maximum absolute atomic E-state index is 12.7. The van der Waals surface area contributed by atoms with Gasteiger partial charge in [0.1, 0.15) is 0 Å². The molecule has 128 valence electrons. The molecule has 1 aromatic rings. The number of carbonyl (C=O) groups excluding carboxylic acids is 1. The number of primary sulfonamides is 1. The molecule has 1 saturated heterocycles. The number of hydrogen-bond acceptors (Lipinski definition) is 3. The van der Waals surface area contributed by atoms with Gasteiger partial charge >= 0.3 is 12.2 Å². The number of halogens is 3. The van der Waals surface area contributed by atoms with Gasteiger partial charge in [-0.05, 0) is 37.1 Å². The molecule has 1 fully saturated rings. The maximum Gasteiger partial charge on any atom is 0.393 e. The zero-order chi connectivity index (χ0) is 17.3. The number of rotatable bonds is 2. The molecule has 23 heavy (non-hydrogen) atoms. The molecule has 0 spiro atoms. The van der Waals surface area contributed by atoms with Gasteiger partial charge in [0.15, 0.2) is 0 Å². The van der Waals surface area contributed by atoms with E-state index in [1.165, 1.54) is 24.3 Å². The summed E-state index contributed by atoms with van der Waals surface area (Å²) in [5, 5.41) is 7.40. The molecule has 10 heteroatoms. The number of alkyl halides is 3. The van der Waals surface area contributed by atoms with Gasteiger partial charge < -0.3 is 10.2 Å². The Kier molecular flexibility index (Phi) is 4.85. The molecule has 0 saturated carbocycles. The van der Waals surface area contributed by atoms with Crippen molar-refractivity contribution in [3.63, 3.8) is 0 Å². The van der Waals surface area contributed by atoms with E-state index in [4.69, 9.17) is 5.14 Å². The first kappa shape index (κ1) is 17.5.